The third kappa shape index (κ3) is 5.07. The van der Waals surface area contributed by atoms with Crippen molar-refractivity contribution in [1.82, 2.24) is 24.4 Å². The highest BCUT2D eigenvalue weighted by atomic mass is 35.5. The van der Waals surface area contributed by atoms with Crippen molar-refractivity contribution in [3.8, 4) is 11.3 Å². The number of hydrogen-bond acceptors (Lipinski definition) is 4. The first-order chi connectivity index (χ1) is 18.8. The van der Waals surface area contributed by atoms with Gasteiger partial charge in [-0.1, -0.05) is 66.2 Å². The third-order valence-electron chi connectivity index (χ3n) is 6.99. The van der Waals surface area contributed by atoms with Crippen LogP contribution in [-0.2, 0) is 12.7 Å². The summed E-state index contributed by atoms with van der Waals surface area (Å²) in [5, 5.41) is 6.61. The lowest BCUT2D eigenvalue weighted by Gasteiger charge is -2.34. The van der Waals surface area contributed by atoms with E-state index in [1.54, 1.807) is 17.0 Å². The monoisotopic (exact) mass is 549 g/mol. The first-order valence-electron chi connectivity index (χ1n) is 12.5. The van der Waals surface area contributed by atoms with Crippen LogP contribution >= 0.6 is 11.6 Å². The molecule has 0 atom stereocenters. The molecule has 0 radical (unpaired) electrons. The second-order valence-electron chi connectivity index (χ2n) is 9.55. The lowest BCUT2D eigenvalue weighted by molar-refractivity contribution is -0.142. The number of benzene rings is 3. The first-order valence-corrected chi connectivity index (χ1v) is 12.9. The van der Waals surface area contributed by atoms with Crippen molar-refractivity contribution in [2.75, 3.05) is 26.2 Å². The van der Waals surface area contributed by atoms with E-state index in [2.05, 4.69) is 15.0 Å². The number of nitrogens with zero attached hydrogens (tertiary/aromatic N) is 5. The highest BCUT2D eigenvalue weighted by Crippen LogP contribution is 2.33. The smallest absolute Gasteiger partial charge is 0.335 e. The first kappa shape index (κ1) is 25.3. The zero-order valence-corrected chi connectivity index (χ0v) is 21.5. The molecule has 0 unspecified atom stereocenters. The Hall–Kier alpha value is -3.95. The van der Waals surface area contributed by atoms with Crippen molar-refractivity contribution < 1.29 is 18.0 Å². The molecule has 1 fully saturated rings. The zero-order valence-electron chi connectivity index (χ0n) is 20.7. The molecule has 0 saturated carbocycles. The van der Waals surface area contributed by atoms with Gasteiger partial charge in [-0.05, 0) is 34.5 Å². The molecular weight excluding hydrogens is 527 g/mol. The van der Waals surface area contributed by atoms with Crippen LogP contribution in [0.4, 0.5) is 13.2 Å². The van der Waals surface area contributed by atoms with Crippen molar-refractivity contribution >= 4 is 33.9 Å². The minimum absolute atomic E-state index is 0.0336. The Bertz CT molecular complexity index is 1690. The minimum atomic E-state index is -4.69. The van der Waals surface area contributed by atoms with Gasteiger partial charge in [-0.25, -0.2) is 9.50 Å². The summed E-state index contributed by atoms with van der Waals surface area (Å²) in [5.41, 5.74) is 0.626. The molecule has 6 nitrogen and oxygen atoms in total. The summed E-state index contributed by atoms with van der Waals surface area (Å²) in [7, 11) is 0. The number of carbonyl (C=O) groups excluding carboxylic acids is 1. The molecule has 1 saturated heterocycles. The van der Waals surface area contributed by atoms with Gasteiger partial charge in [0.05, 0.1) is 5.69 Å². The molecule has 198 valence electrons. The van der Waals surface area contributed by atoms with Crippen LogP contribution in [0, 0.1) is 0 Å². The summed E-state index contributed by atoms with van der Waals surface area (Å²) in [4.78, 5) is 21.5. The van der Waals surface area contributed by atoms with Crippen molar-refractivity contribution in [2.45, 2.75) is 12.7 Å². The van der Waals surface area contributed by atoms with Gasteiger partial charge >= 0.3 is 6.18 Å². The molecule has 0 bridgehead atoms. The van der Waals surface area contributed by atoms with Gasteiger partial charge in [-0.3, -0.25) is 9.69 Å². The van der Waals surface area contributed by atoms with E-state index < -0.39 is 17.8 Å². The van der Waals surface area contributed by atoms with E-state index in [4.69, 9.17) is 11.6 Å². The molecule has 0 N–H and O–H groups in total. The Labute approximate surface area is 227 Å². The number of rotatable bonds is 4. The van der Waals surface area contributed by atoms with Crippen LogP contribution in [0.25, 0.3) is 27.7 Å². The Morgan fingerprint density at radius 1 is 0.872 bits per heavy atom. The van der Waals surface area contributed by atoms with E-state index >= 15 is 0 Å². The molecule has 0 aliphatic carbocycles. The lowest BCUT2D eigenvalue weighted by Crippen LogP contribution is -2.48. The van der Waals surface area contributed by atoms with Crippen LogP contribution in [0.3, 0.4) is 0 Å². The lowest BCUT2D eigenvalue weighted by atomic mass is 10.0. The summed E-state index contributed by atoms with van der Waals surface area (Å²) in [5.74, 6) is -0.418. The number of aromatic nitrogens is 3. The van der Waals surface area contributed by atoms with Crippen molar-refractivity contribution in [3.63, 3.8) is 0 Å². The Kier molecular flexibility index (Phi) is 6.48. The van der Waals surface area contributed by atoms with Crippen molar-refractivity contribution in [2.24, 2.45) is 0 Å². The SMILES string of the molecule is O=C(c1cc2nc(-c3ccc4ccccc4c3)cc(C(F)(F)F)n2n1)N1CCN(Cc2ccccc2Cl)CC1. The molecular formula is C29H23ClF3N5O. The minimum Gasteiger partial charge on any atom is -0.335 e. The highest BCUT2D eigenvalue weighted by molar-refractivity contribution is 6.31. The van der Waals surface area contributed by atoms with Crippen molar-refractivity contribution in [3.05, 3.63) is 101 Å². The maximum atomic E-state index is 14.1. The maximum absolute atomic E-state index is 14.1. The van der Waals surface area contributed by atoms with E-state index in [-0.39, 0.29) is 17.0 Å². The second kappa shape index (κ2) is 9.98. The summed E-state index contributed by atoms with van der Waals surface area (Å²) in [6.07, 6.45) is -4.69. The van der Waals surface area contributed by atoms with Gasteiger partial charge in [0.15, 0.2) is 17.0 Å². The number of amides is 1. The average molecular weight is 550 g/mol. The molecule has 10 heteroatoms. The quantitative estimate of drug-likeness (QED) is 0.269. The summed E-state index contributed by atoms with van der Waals surface area (Å²) >= 11 is 6.27. The summed E-state index contributed by atoms with van der Waals surface area (Å²) in [6.45, 7) is 2.75. The highest BCUT2D eigenvalue weighted by Gasteiger charge is 2.36. The number of piperazine rings is 1. The van der Waals surface area contributed by atoms with E-state index in [0.717, 1.165) is 22.4 Å². The van der Waals surface area contributed by atoms with Gasteiger partial charge in [0, 0.05) is 49.4 Å². The largest absolute Gasteiger partial charge is 0.433 e. The van der Waals surface area contributed by atoms with Gasteiger partial charge in [-0.15, -0.1) is 0 Å². The molecule has 6 rings (SSSR count). The number of hydrogen-bond donors (Lipinski definition) is 0. The predicted octanol–water partition coefficient (Wildman–Crippen LogP) is 6.18. The molecule has 39 heavy (non-hydrogen) atoms. The van der Waals surface area contributed by atoms with Gasteiger partial charge in [0.25, 0.3) is 5.91 Å². The normalized spacial score (nSPS) is 14.8. The Morgan fingerprint density at radius 2 is 1.59 bits per heavy atom. The van der Waals surface area contributed by atoms with E-state index in [9.17, 15) is 18.0 Å². The van der Waals surface area contributed by atoms with Crippen LogP contribution in [0.15, 0.2) is 78.9 Å². The molecule has 1 amide bonds. The molecule has 3 heterocycles. The topological polar surface area (TPSA) is 53.7 Å². The molecule has 1 aliphatic heterocycles. The van der Waals surface area contributed by atoms with Gasteiger partial charge in [-0.2, -0.15) is 18.3 Å². The Morgan fingerprint density at radius 3 is 2.33 bits per heavy atom. The summed E-state index contributed by atoms with van der Waals surface area (Å²) < 4.78 is 43.0. The van der Waals surface area contributed by atoms with Crippen LogP contribution in [0.1, 0.15) is 21.7 Å². The van der Waals surface area contributed by atoms with E-state index in [0.29, 0.717) is 47.8 Å². The fraction of sp³-hybridized carbons (Fsp3) is 0.207. The zero-order chi connectivity index (χ0) is 27.1. The van der Waals surface area contributed by atoms with Crippen LogP contribution in [0.2, 0.25) is 5.02 Å². The summed E-state index contributed by atoms with van der Waals surface area (Å²) in [6, 6.07) is 22.9. The van der Waals surface area contributed by atoms with E-state index in [1.165, 1.54) is 6.07 Å². The van der Waals surface area contributed by atoms with Gasteiger partial charge < -0.3 is 4.90 Å². The fourth-order valence-corrected chi connectivity index (χ4v) is 5.11. The second-order valence-corrected chi connectivity index (χ2v) is 9.95. The van der Waals surface area contributed by atoms with Crippen LogP contribution < -0.4 is 0 Å². The number of fused-ring (bicyclic) bond motifs is 2. The van der Waals surface area contributed by atoms with Crippen LogP contribution in [0.5, 0.6) is 0 Å². The molecule has 3 aromatic carbocycles. The fourth-order valence-electron chi connectivity index (χ4n) is 4.92. The molecule has 0 spiro atoms. The van der Waals surface area contributed by atoms with E-state index in [1.807, 2.05) is 54.6 Å². The molecule has 5 aromatic rings. The third-order valence-corrected chi connectivity index (χ3v) is 7.36. The average Bonchev–Trinajstić information content (AvgIpc) is 3.37. The number of carbonyl (C=O) groups is 1. The van der Waals surface area contributed by atoms with Crippen LogP contribution in [-0.4, -0.2) is 56.5 Å². The van der Waals surface area contributed by atoms with Crippen molar-refractivity contribution in [1.29, 1.82) is 0 Å². The number of alkyl halides is 3. The number of halogens is 4. The predicted molar refractivity (Wildman–Crippen MR) is 144 cm³/mol. The molecule has 2 aromatic heterocycles. The van der Waals surface area contributed by atoms with Gasteiger partial charge in [0.1, 0.15) is 0 Å². The molecule has 1 aliphatic rings. The standard InChI is InChI=1S/C29H23ClF3N5O/c30-23-8-4-3-7-22(23)18-36-11-13-37(14-12-36)28(39)25-17-27-34-24(16-26(29(31,32)33)38(27)35-25)21-10-9-19-5-1-2-6-20(19)15-21/h1-10,15-17H,11-14,18H2. The maximum Gasteiger partial charge on any atom is 0.433 e. The Balaban J connectivity index is 1.27. The van der Waals surface area contributed by atoms with Gasteiger partial charge in [0.2, 0.25) is 0 Å².